The van der Waals surface area contributed by atoms with E-state index in [1.54, 1.807) is 32.9 Å². The van der Waals surface area contributed by atoms with Crippen LogP contribution in [0.5, 0.6) is 17.2 Å². The molecule has 1 heterocycles. The van der Waals surface area contributed by atoms with Gasteiger partial charge in [0.25, 0.3) is 0 Å². The Kier molecular flexibility index (Phi) is 19.4. The highest BCUT2D eigenvalue weighted by Crippen LogP contribution is 2.28. The van der Waals surface area contributed by atoms with Gasteiger partial charge in [0.2, 0.25) is 0 Å². The van der Waals surface area contributed by atoms with Gasteiger partial charge in [-0.3, -0.25) is 12.9 Å². The second-order valence-electron chi connectivity index (χ2n) is 18.0. The van der Waals surface area contributed by atoms with E-state index in [4.69, 9.17) is 18.5 Å². The zero-order valence-corrected chi connectivity index (χ0v) is 46.8. The molecule has 0 N–H and O–H groups in total. The standard InChI is InChI=1S/C54H48F6N6O15S3/c1-35-5-23-45(24-6-35)82(70,71)79-61-38(4)39-11-17-42(18-12-39)76-32-29-64-50(67)65(30-33-77-43-19-13-40(14-20-43)48(53(55,56)57)62-80-83(72,73)46-25-7-36(2)8-26-46)52(69)66(51(64)68)31-34-78-44-21-15-41(16-22-44)49(54(58,59)60)63-81-84(74,75)47-27-9-37(3)10-28-47/h5-28H,29-34H2,1-4H3/b61-38?,62-48-,63-49-. The van der Waals surface area contributed by atoms with Crippen molar-refractivity contribution in [1.82, 2.24) is 13.7 Å². The third kappa shape index (κ3) is 16.2. The van der Waals surface area contributed by atoms with E-state index in [0.717, 1.165) is 78.4 Å². The van der Waals surface area contributed by atoms with Crippen molar-refractivity contribution in [3.8, 4) is 17.2 Å². The average Bonchev–Trinajstić information content (AvgIpc) is 3.06. The van der Waals surface area contributed by atoms with Gasteiger partial charge in [0.05, 0.1) is 25.3 Å². The molecule has 0 unspecified atom stereocenters. The van der Waals surface area contributed by atoms with Crippen LogP contribution in [-0.2, 0) is 62.8 Å². The van der Waals surface area contributed by atoms with Crippen molar-refractivity contribution in [2.75, 3.05) is 19.8 Å². The molecule has 21 nitrogen and oxygen atoms in total. The number of halogens is 6. The summed E-state index contributed by atoms with van der Waals surface area (Å²) in [5.74, 6) is 0.0227. The molecule has 30 heteroatoms. The number of hydrogen-bond acceptors (Lipinski definition) is 18. The maximum absolute atomic E-state index is 14.1. The number of alkyl halides is 6. The Balaban J connectivity index is 1.07. The van der Waals surface area contributed by atoms with Gasteiger partial charge in [-0.05, 0) is 142 Å². The molecule has 444 valence electrons. The summed E-state index contributed by atoms with van der Waals surface area (Å²) in [5, 5.41) is 9.57. The molecular formula is C54H48F6N6O15S3. The summed E-state index contributed by atoms with van der Waals surface area (Å²) in [5.41, 5.74) is -5.37. The fraction of sp³-hybridized carbons (Fsp3) is 0.222. The molecule has 0 saturated heterocycles. The Morgan fingerprint density at radius 3 is 0.905 bits per heavy atom. The van der Waals surface area contributed by atoms with Crippen LogP contribution in [0.2, 0.25) is 0 Å². The lowest BCUT2D eigenvalue weighted by atomic mass is 10.1. The highest BCUT2D eigenvalue weighted by molar-refractivity contribution is 7.87. The molecule has 0 bridgehead atoms. The van der Waals surface area contributed by atoms with Crippen LogP contribution in [0.4, 0.5) is 26.3 Å². The third-order valence-corrected chi connectivity index (χ3v) is 15.2. The molecule has 0 spiro atoms. The smallest absolute Gasteiger partial charge is 0.437 e. The van der Waals surface area contributed by atoms with E-state index < -0.39 is 125 Å². The molecule has 7 rings (SSSR count). The Morgan fingerprint density at radius 2 is 0.643 bits per heavy atom. The van der Waals surface area contributed by atoms with E-state index in [1.165, 1.54) is 67.6 Å². The summed E-state index contributed by atoms with van der Waals surface area (Å²) in [7, 11) is -13.7. The van der Waals surface area contributed by atoms with Gasteiger partial charge in [0.1, 0.15) is 51.8 Å². The molecule has 0 radical (unpaired) electrons. The van der Waals surface area contributed by atoms with Crippen molar-refractivity contribution in [2.45, 2.75) is 74.4 Å². The molecule has 1 aromatic heterocycles. The van der Waals surface area contributed by atoms with Crippen LogP contribution in [0.3, 0.4) is 0 Å². The predicted molar refractivity (Wildman–Crippen MR) is 291 cm³/mol. The van der Waals surface area contributed by atoms with Crippen LogP contribution in [0.25, 0.3) is 0 Å². The predicted octanol–water partition coefficient (Wildman–Crippen LogP) is 7.81. The van der Waals surface area contributed by atoms with Crippen LogP contribution < -0.4 is 31.3 Å². The lowest BCUT2D eigenvalue weighted by Crippen LogP contribution is -2.55. The van der Waals surface area contributed by atoms with E-state index in [9.17, 15) is 66.0 Å². The van der Waals surface area contributed by atoms with Gasteiger partial charge in [-0.15, -0.1) is 0 Å². The monoisotopic (exact) mass is 1230 g/mol. The van der Waals surface area contributed by atoms with E-state index in [1.807, 2.05) is 0 Å². The number of nitrogens with zero attached hydrogens (tertiary/aromatic N) is 6. The summed E-state index contributed by atoms with van der Waals surface area (Å²) in [4.78, 5) is 40.7. The molecule has 0 amide bonds. The molecule has 84 heavy (non-hydrogen) atoms. The van der Waals surface area contributed by atoms with Gasteiger partial charge in [-0.1, -0.05) is 68.6 Å². The Hall–Kier alpha value is -9.03. The highest BCUT2D eigenvalue weighted by Gasteiger charge is 2.40. The SMILES string of the molecule is CC(=NOS(=O)(=O)c1ccc(C)cc1)c1ccc(OCCn2c(=O)n(CCOc3ccc(/C(=N/OS(=O)(=O)c4ccc(C)cc4)C(F)(F)F)cc3)c(=O)n(CCOc3ccc(/C(=N/OS(=O)(=O)c4ccc(C)cc4)C(F)(F)F)cc3)c2=O)cc1. The summed E-state index contributed by atoms with van der Waals surface area (Å²) in [6.45, 7) is 3.62. The lowest BCUT2D eigenvalue weighted by Gasteiger charge is -2.16. The minimum Gasteiger partial charge on any atom is -0.492 e. The second-order valence-corrected chi connectivity index (χ2v) is 22.6. The quantitative estimate of drug-likeness (QED) is 0.0317. The zero-order valence-electron chi connectivity index (χ0n) is 44.4. The number of hydrogen-bond donors (Lipinski definition) is 0. The first kappa shape index (κ1) is 62.6. The Morgan fingerprint density at radius 1 is 0.393 bits per heavy atom. The summed E-state index contributed by atoms with van der Waals surface area (Å²) < 4.78 is 193. The van der Waals surface area contributed by atoms with Crippen molar-refractivity contribution in [1.29, 1.82) is 0 Å². The normalized spacial score (nSPS) is 12.9. The second kappa shape index (κ2) is 26.0. The van der Waals surface area contributed by atoms with E-state index in [0.29, 0.717) is 30.4 Å². The maximum Gasteiger partial charge on any atom is 0.437 e. The van der Waals surface area contributed by atoms with Crippen LogP contribution in [0, 0.1) is 20.8 Å². The molecule has 7 aromatic rings. The fourth-order valence-corrected chi connectivity index (χ4v) is 9.56. The number of aryl methyl sites for hydroxylation is 3. The fourth-order valence-electron chi connectivity index (χ4n) is 7.34. The molecule has 0 atom stereocenters. The molecule has 0 aliphatic rings. The number of aromatic nitrogens is 3. The summed E-state index contributed by atoms with van der Waals surface area (Å²) >= 11 is 0. The Labute approximate surface area is 475 Å². The zero-order chi connectivity index (χ0) is 61.2. The molecular weight excluding hydrogens is 1180 g/mol. The molecule has 0 aliphatic carbocycles. The van der Waals surface area contributed by atoms with E-state index in [-0.39, 0.29) is 34.5 Å². The summed E-state index contributed by atoms with van der Waals surface area (Å²) in [6, 6.07) is 29.9. The molecule has 0 fully saturated rings. The number of rotatable bonds is 24. The largest absolute Gasteiger partial charge is 0.492 e. The minimum atomic E-state index is -5.20. The van der Waals surface area contributed by atoms with Crippen molar-refractivity contribution < 1.29 is 78.7 Å². The van der Waals surface area contributed by atoms with Crippen molar-refractivity contribution in [3.05, 3.63) is 210 Å². The minimum absolute atomic E-state index is 0.0938. The summed E-state index contributed by atoms with van der Waals surface area (Å²) in [6.07, 6.45) is -10.4. The van der Waals surface area contributed by atoms with Crippen LogP contribution in [0.1, 0.15) is 40.3 Å². The first-order valence-corrected chi connectivity index (χ1v) is 28.7. The maximum atomic E-state index is 14.1. The van der Waals surface area contributed by atoms with Crippen LogP contribution in [-0.4, -0.2) is 88.3 Å². The van der Waals surface area contributed by atoms with Gasteiger partial charge >= 0.3 is 59.8 Å². The molecule has 0 aliphatic heterocycles. The van der Waals surface area contributed by atoms with Gasteiger partial charge in [0, 0.05) is 11.1 Å². The van der Waals surface area contributed by atoms with Crippen molar-refractivity contribution in [2.24, 2.45) is 15.5 Å². The number of benzene rings is 6. The average molecular weight is 1230 g/mol. The van der Waals surface area contributed by atoms with E-state index in [2.05, 4.69) is 24.0 Å². The Bertz CT molecular complexity index is 3920. The van der Waals surface area contributed by atoms with Gasteiger partial charge in [-0.25, -0.2) is 28.1 Å². The first-order valence-electron chi connectivity index (χ1n) is 24.5. The molecule has 0 saturated carbocycles. The molecule has 6 aromatic carbocycles. The highest BCUT2D eigenvalue weighted by atomic mass is 32.2. The van der Waals surface area contributed by atoms with Crippen LogP contribution in [0.15, 0.2) is 190 Å². The van der Waals surface area contributed by atoms with Crippen molar-refractivity contribution in [3.63, 3.8) is 0 Å². The first-order chi connectivity index (χ1) is 39.5. The lowest BCUT2D eigenvalue weighted by molar-refractivity contribution is -0.0606. The van der Waals surface area contributed by atoms with Crippen LogP contribution >= 0.6 is 0 Å². The third-order valence-electron chi connectivity index (χ3n) is 11.9. The topological polar surface area (TPSA) is 261 Å². The van der Waals surface area contributed by atoms with E-state index >= 15 is 0 Å². The number of oxime groups is 3. The van der Waals surface area contributed by atoms with Gasteiger partial charge in [-0.2, -0.15) is 51.6 Å². The van der Waals surface area contributed by atoms with Crippen molar-refractivity contribution >= 4 is 47.5 Å². The number of ether oxygens (including phenoxy) is 3. The van der Waals surface area contributed by atoms with Gasteiger partial charge < -0.3 is 14.2 Å². The van der Waals surface area contributed by atoms with Gasteiger partial charge in [0.15, 0.2) is 11.4 Å².